The van der Waals surface area contributed by atoms with Crippen molar-refractivity contribution < 1.29 is 31.7 Å². The quantitative estimate of drug-likeness (QED) is 0.119. The number of anilines is 1. The average Bonchev–Trinajstić information content (AvgIpc) is 1.66. The first-order chi connectivity index (χ1) is 52.0. The zero-order chi connectivity index (χ0) is 80.0. The van der Waals surface area contributed by atoms with Crippen molar-refractivity contribution in [1.82, 2.24) is 37.8 Å². The van der Waals surface area contributed by atoms with Gasteiger partial charge in [-0.05, 0) is 248 Å². The molecule has 2 aliphatic rings. The van der Waals surface area contributed by atoms with Crippen molar-refractivity contribution in [1.29, 1.82) is 0 Å². The number of carbonyl (C=O) groups is 2. The van der Waals surface area contributed by atoms with Gasteiger partial charge in [-0.25, -0.2) is 28.8 Å². The monoisotopic (exact) mass is 1550 g/mol. The van der Waals surface area contributed by atoms with Gasteiger partial charge in [-0.15, -0.1) is 0 Å². The number of rotatable bonds is 1. The van der Waals surface area contributed by atoms with Gasteiger partial charge in [-0.1, -0.05) is 118 Å². The standard InChI is InChI=1S/C11H13NO2.C10H12N2O.C10H11NO2.C10H11NO.C10H10O.2C9H9NO2.C9H9NOS.C8H7NO2.3CH4/c1-4-12-10-8(3)5-7(2)6-9(10)14-11(12)13;1-7-4-5-8-9(6-7)12(3)10(13)11(8)2;1-6-4-7(2)9-8(5-6)13-10(12)11(9)3;1-6-3-7(2)10-8(4-6)5-9(12)11-10;1-7-2-3-8-5-10(11)6-9(8)4-7;1-5-3-6(2)8-7(4-5)12-9(11)10-8;1-6-3-4-7-8(5-6)12-9(11)10(7)2;1-5-3-6(2)8-7(4-5)12-9(11)10-8;1-5-2-3-6-7(4-5)11-8(10)9-6;;;/h5-6H,4H2,1-3H3;4-6H,1-3H3;4-5H,1-3H3;3-4H,5H2,1-2H3,(H,11,12);2-4H,5-6H2,1H3;3-4H,1-2H3,(H,10,11);3-5H,1-2H3;3-4H,1-2H3,(H,10,11);2-4H,1H3,(H,9,10);3*1H4. The summed E-state index contributed by atoms with van der Waals surface area (Å²) in [6.07, 6.45) is 1.84. The van der Waals surface area contributed by atoms with Crippen LogP contribution in [0.4, 0.5) is 5.69 Å². The second-order valence-electron chi connectivity index (χ2n) is 28.1. The SMILES string of the molecule is C.C.C.CCn1c(=O)oc2cc(C)cc(C)c21.Cc1cc(C)c2[nH]c(=O)oc2c1.Cc1cc(C)c2[nH]c(=O)sc2c1.Cc1cc(C)c2c(c1)CC(=O)N2.Cc1cc(C)c2c(c1)oc(=O)n2C.Cc1ccc2[nH]c(=O)oc2c1.Cc1ccc2c(c1)CC(=O)C2.Cc1ccc2c(c1)n(C)c(=O)n2C.Cc1ccc2c(c1)oc(=O)n2C. The van der Waals surface area contributed by atoms with E-state index in [1.54, 1.807) is 41.9 Å². The summed E-state index contributed by atoms with van der Waals surface area (Å²) < 4.78 is 34.0. The number of hydrogen-bond acceptors (Lipinski definition) is 15. The molecule has 594 valence electrons. The lowest BCUT2D eigenvalue weighted by molar-refractivity contribution is -0.117. The Morgan fingerprint density at radius 3 is 1.48 bits per heavy atom. The summed E-state index contributed by atoms with van der Waals surface area (Å²) in [6, 6.07) is 43.5. The Labute approximate surface area is 657 Å². The average molecular weight is 1550 g/mol. The van der Waals surface area contributed by atoms with Crippen LogP contribution in [0.3, 0.4) is 0 Å². The van der Waals surface area contributed by atoms with Gasteiger partial charge in [0.05, 0.1) is 55.3 Å². The smallest absolute Gasteiger partial charge is 0.408 e. The number of Topliss-reactive ketones (excluding diaryl/α,β-unsaturated/α-hetero) is 1. The van der Waals surface area contributed by atoms with E-state index in [2.05, 4.69) is 76.6 Å². The number of thiazole rings is 1. The van der Waals surface area contributed by atoms with Crippen LogP contribution in [0.2, 0.25) is 0 Å². The van der Waals surface area contributed by atoms with Crippen molar-refractivity contribution in [2.45, 2.75) is 152 Å². The van der Waals surface area contributed by atoms with Crippen LogP contribution in [0.25, 0.3) is 76.7 Å². The molecule has 1 aliphatic carbocycles. The molecule has 24 heteroatoms. The molecular formula is C89H103N9O14S. The number of fused-ring (bicyclic) bond motifs is 9. The van der Waals surface area contributed by atoms with E-state index in [9.17, 15) is 43.2 Å². The third kappa shape index (κ3) is 20.7. The summed E-state index contributed by atoms with van der Waals surface area (Å²) in [5.74, 6) is -1.20. The predicted octanol–water partition coefficient (Wildman–Crippen LogP) is 17.3. The minimum Gasteiger partial charge on any atom is -0.408 e. The summed E-state index contributed by atoms with van der Waals surface area (Å²) in [6.45, 7) is 30.6. The normalized spacial score (nSPS) is 11.4. The van der Waals surface area contributed by atoms with E-state index in [0.717, 1.165) is 116 Å². The maximum atomic E-state index is 11.5. The fourth-order valence-corrected chi connectivity index (χ4v) is 14.5. The number of aromatic nitrogens is 8. The molecule has 0 saturated heterocycles. The molecule has 16 aromatic rings. The summed E-state index contributed by atoms with van der Waals surface area (Å²) >= 11 is 1.27. The molecule has 0 radical (unpaired) electrons. The van der Waals surface area contributed by atoms with E-state index in [-0.39, 0.29) is 56.0 Å². The molecule has 1 amide bonds. The van der Waals surface area contributed by atoms with Crippen LogP contribution in [0.5, 0.6) is 0 Å². The van der Waals surface area contributed by atoms with E-state index in [4.69, 9.17) is 22.1 Å². The first-order valence-corrected chi connectivity index (χ1v) is 36.5. The molecule has 23 nitrogen and oxygen atoms in total. The largest absolute Gasteiger partial charge is 0.419 e. The predicted molar refractivity (Wildman–Crippen MR) is 457 cm³/mol. The molecule has 0 saturated carbocycles. The molecular weight excluding hydrogens is 1450 g/mol. The zero-order valence-electron chi connectivity index (χ0n) is 65.4. The second-order valence-corrected chi connectivity index (χ2v) is 29.2. The van der Waals surface area contributed by atoms with Crippen molar-refractivity contribution in [3.05, 3.63) is 301 Å². The van der Waals surface area contributed by atoms with Gasteiger partial charge in [0.1, 0.15) is 5.78 Å². The van der Waals surface area contributed by atoms with Gasteiger partial charge < -0.3 is 32.4 Å². The Bertz CT molecular complexity index is 6530. The van der Waals surface area contributed by atoms with Gasteiger partial charge in [-0.2, -0.15) is 0 Å². The Hall–Kier alpha value is -12.6. The van der Waals surface area contributed by atoms with E-state index in [1.807, 2.05) is 181 Å². The summed E-state index contributed by atoms with van der Waals surface area (Å²) in [5.41, 5.74) is 30.9. The first-order valence-electron chi connectivity index (χ1n) is 35.7. The number of nitrogens with zero attached hydrogens (tertiary/aromatic N) is 5. The van der Waals surface area contributed by atoms with Gasteiger partial charge in [-0.3, -0.25) is 47.2 Å². The van der Waals surface area contributed by atoms with E-state index in [1.165, 1.54) is 53.9 Å². The first kappa shape index (κ1) is 87.7. The summed E-state index contributed by atoms with van der Waals surface area (Å²) in [5, 5.41) is 2.85. The van der Waals surface area contributed by atoms with Gasteiger partial charge in [0.2, 0.25) is 5.91 Å². The summed E-state index contributed by atoms with van der Waals surface area (Å²) in [7, 11) is 7.00. The Morgan fingerprint density at radius 1 is 0.363 bits per heavy atom. The Kier molecular flexibility index (Phi) is 28.7. The third-order valence-corrected chi connectivity index (χ3v) is 19.5. The van der Waals surface area contributed by atoms with Crippen molar-refractivity contribution in [2.75, 3.05) is 5.32 Å². The van der Waals surface area contributed by atoms with Crippen molar-refractivity contribution >= 4 is 105 Å². The number of nitrogens with one attached hydrogen (secondary N) is 4. The van der Waals surface area contributed by atoms with Crippen LogP contribution >= 0.6 is 11.3 Å². The fraction of sp³-hybridized carbons (Fsp3) is 0.292. The highest BCUT2D eigenvalue weighted by Crippen LogP contribution is 2.29. The number of oxazole rings is 5. The van der Waals surface area contributed by atoms with Crippen LogP contribution in [0.15, 0.2) is 189 Å². The zero-order valence-corrected chi connectivity index (χ0v) is 66.2. The van der Waals surface area contributed by atoms with Crippen LogP contribution < -0.4 is 44.7 Å². The highest BCUT2D eigenvalue weighted by atomic mass is 32.1. The number of ketones is 1. The highest BCUT2D eigenvalue weighted by Gasteiger charge is 2.20. The number of H-pyrrole nitrogens is 3. The van der Waals surface area contributed by atoms with Gasteiger partial charge in [0, 0.05) is 53.3 Å². The molecule has 1 aliphatic heterocycles. The van der Waals surface area contributed by atoms with Crippen LogP contribution in [-0.4, -0.2) is 49.5 Å². The van der Waals surface area contributed by atoms with Crippen LogP contribution in [-0.2, 0) is 63.6 Å². The number of aryl methyl sites for hydroxylation is 19. The summed E-state index contributed by atoms with van der Waals surface area (Å²) in [4.78, 5) is 108. The highest BCUT2D eigenvalue weighted by molar-refractivity contribution is 7.16. The molecule has 0 unspecified atom stereocenters. The molecule has 113 heavy (non-hydrogen) atoms. The molecule has 18 rings (SSSR count). The van der Waals surface area contributed by atoms with Gasteiger partial charge in [0.25, 0.3) is 0 Å². The number of imidazole rings is 1. The number of carbonyl (C=O) groups excluding carboxylic acids is 2. The topological polar surface area (TPSA) is 303 Å². The van der Waals surface area contributed by atoms with Crippen molar-refractivity contribution in [3.8, 4) is 0 Å². The number of amides is 1. The van der Waals surface area contributed by atoms with E-state index < -0.39 is 11.5 Å². The lowest BCUT2D eigenvalue weighted by Crippen LogP contribution is -2.19. The fourth-order valence-electron chi connectivity index (χ4n) is 13.6. The van der Waals surface area contributed by atoms with E-state index >= 15 is 0 Å². The third-order valence-electron chi connectivity index (χ3n) is 18.6. The van der Waals surface area contributed by atoms with Gasteiger partial charge >= 0.3 is 39.3 Å². The Morgan fingerprint density at radius 2 is 0.823 bits per heavy atom. The number of benzene rings is 9. The molecule has 0 atom stereocenters. The van der Waals surface area contributed by atoms with Crippen molar-refractivity contribution in [2.24, 2.45) is 28.2 Å². The molecule has 0 fully saturated rings. The van der Waals surface area contributed by atoms with Crippen LogP contribution in [0, 0.1) is 96.9 Å². The Balaban J connectivity index is 0.000000176. The molecule has 9 aromatic carbocycles. The molecule has 4 N–H and O–H groups in total. The number of hydrogen-bond donors (Lipinski definition) is 4. The minimum atomic E-state index is -0.398. The maximum Gasteiger partial charge on any atom is 0.419 e. The van der Waals surface area contributed by atoms with Gasteiger partial charge in [0.15, 0.2) is 27.9 Å². The van der Waals surface area contributed by atoms with Crippen molar-refractivity contribution in [3.63, 3.8) is 0 Å². The number of aromatic amines is 3. The van der Waals surface area contributed by atoms with Crippen LogP contribution in [0.1, 0.15) is 124 Å². The molecule has 8 heterocycles. The second kappa shape index (κ2) is 37.0. The lowest BCUT2D eigenvalue weighted by Gasteiger charge is -2.04. The molecule has 0 bridgehead atoms. The molecule has 0 spiro atoms. The molecule has 7 aromatic heterocycles. The maximum absolute atomic E-state index is 11.5. The van der Waals surface area contributed by atoms with E-state index in [0.29, 0.717) is 59.5 Å². The lowest BCUT2D eigenvalue weighted by atomic mass is 10.0. The minimum absolute atomic E-state index is 0.